The SMILES string of the molecule is CCN1C(=O)CC[C@@H](C(=O)NCCc2cccc(C)c2)[C@@H]1c1ccc(OC)cc1. The number of nitrogens with zero attached hydrogens (tertiary/aromatic N) is 1. The Bertz CT molecular complexity index is 847. The maximum absolute atomic E-state index is 13.1. The molecule has 1 saturated heterocycles. The lowest BCUT2D eigenvalue weighted by Gasteiger charge is -2.40. The number of methoxy groups -OCH3 is 1. The molecule has 1 fully saturated rings. The number of ether oxygens (including phenoxy) is 1. The summed E-state index contributed by atoms with van der Waals surface area (Å²) in [6.07, 6.45) is 1.78. The minimum Gasteiger partial charge on any atom is -0.497 e. The van der Waals surface area contributed by atoms with Crippen LogP contribution in [0.2, 0.25) is 0 Å². The third kappa shape index (κ3) is 4.97. The van der Waals surface area contributed by atoms with Crippen molar-refractivity contribution in [3.8, 4) is 5.75 Å². The third-order valence-corrected chi connectivity index (χ3v) is 5.64. The molecule has 5 heteroatoms. The fourth-order valence-corrected chi connectivity index (χ4v) is 4.14. The van der Waals surface area contributed by atoms with Gasteiger partial charge in [-0.3, -0.25) is 9.59 Å². The second-order valence-corrected chi connectivity index (χ2v) is 7.57. The number of hydrogen-bond acceptors (Lipinski definition) is 3. The van der Waals surface area contributed by atoms with Crippen LogP contribution in [0.25, 0.3) is 0 Å². The molecule has 29 heavy (non-hydrogen) atoms. The van der Waals surface area contributed by atoms with Gasteiger partial charge in [0, 0.05) is 19.5 Å². The molecule has 0 bridgehead atoms. The normalized spacial score (nSPS) is 19.1. The van der Waals surface area contributed by atoms with E-state index in [0.29, 0.717) is 25.9 Å². The molecule has 154 valence electrons. The molecule has 2 amide bonds. The summed E-state index contributed by atoms with van der Waals surface area (Å²) >= 11 is 0. The summed E-state index contributed by atoms with van der Waals surface area (Å²) < 4.78 is 5.25. The first-order chi connectivity index (χ1) is 14.0. The zero-order chi connectivity index (χ0) is 20.8. The lowest BCUT2D eigenvalue weighted by atomic mass is 9.83. The number of aryl methyl sites for hydroxylation is 1. The minimum atomic E-state index is -0.251. The highest BCUT2D eigenvalue weighted by molar-refractivity contribution is 5.85. The van der Waals surface area contributed by atoms with E-state index >= 15 is 0 Å². The van der Waals surface area contributed by atoms with Crippen LogP contribution in [0.15, 0.2) is 48.5 Å². The van der Waals surface area contributed by atoms with E-state index in [0.717, 1.165) is 17.7 Å². The average molecular weight is 395 g/mol. The lowest BCUT2D eigenvalue weighted by Crippen LogP contribution is -2.48. The molecule has 1 aliphatic heterocycles. The largest absolute Gasteiger partial charge is 0.497 e. The number of nitrogens with one attached hydrogen (secondary N) is 1. The summed E-state index contributed by atoms with van der Waals surface area (Å²) in [4.78, 5) is 27.4. The number of rotatable bonds is 7. The van der Waals surface area contributed by atoms with Gasteiger partial charge in [0.15, 0.2) is 0 Å². The van der Waals surface area contributed by atoms with Crippen LogP contribution >= 0.6 is 0 Å². The predicted molar refractivity (Wildman–Crippen MR) is 114 cm³/mol. The number of hydrogen-bond donors (Lipinski definition) is 1. The van der Waals surface area contributed by atoms with Gasteiger partial charge in [-0.2, -0.15) is 0 Å². The molecule has 3 rings (SSSR count). The lowest BCUT2D eigenvalue weighted by molar-refractivity contribution is -0.143. The Morgan fingerprint density at radius 3 is 2.62 bits per heavy atom. The van der Waals surface area contributed by atoms with Crippen LogP contribution in [0.4, 0.5) is 0 Å². The van der Waals surface area contributed by atoms with E-state index in [1.54, 1.807) is 7.11 Å². The zero-order valence-corrected chi connectivity index (χ0v) is 17.5. The number of carbonyl (C=O) groups excluding carboxylic acids is 2. The summed E-state index contributed by atoms with van der Waals surface area (Å²) in [5, 5.41) is 3.10. The Balaban J connectivity index is 1.73. The van der Waals surface area contributed by atoms with Crippen LogP contribution in [-0.2, 0) is 16.0 Å². The molecular weight excluding hydrogens is 364 g/mol. The van der Waals surface area contributed by atoms with Crippen molar-refractivity contribution in [2.75, 3.05) is 20.2 Å². The fraction of sp³-hybridized carbons (Fsp3) is 0.417. The van der Waals surface area contributed by atoms with Gasteiger partial charge in [-0.15, -0.1) is 0 Å². The number of piperidine rings is 1. The van der Waals surface area contributed by atoms with Gasteiger partial charge in [0.2, 0.25) is 11.8 Å². The predicted octanol–water partition coefficient (Wildman–Crippen LogP) is 3.66. The van der Waals surface area contributed by atoms with Crippen molar-refractivity contribution >= 4 is 11.8 Å². The van der Waals surface area contributed by atoms with E-state index in [1.165, 1.54) is 11.1 Å². The van der Waals surface area contributed by atoms with Gasteiger partial charge < -0.3 is 15.0 Å². The van der Waals surface area contributed by atoms with Gasteiger partial charge in [0.25, 0.3) is 0 Å². The van der Waals surface area contributed by atoms with Gasteiger partial charge >= 0.3 is 0 Å². The number of likely N-dealkylation sites (tertiary alicyclic amines) is 1. The van der Waals surface area contributed by atoms with Gasteiger partial charge in [-0.25, -0.2) is 0 Å². The van der Waals surface area contributed by atoms with Crippen LogP contribution in [0.5, 0.6) is 5.75 Å². The summed E-state index contributed by atoms with van der Waals surface area (Å²) in [7, 11) is 1.63. The molecule has 0 radical (unpaired) electrons. The second-order valence-electron chi connectivity index (χ2n) is 7.57. The Kier molecular flexibility index (Phi) is 6.91. The molecule has 0 saturated carbocycles. The van der Waals surface area contributed by atoms with Crippen molar-refractivity contribution in [3.63, 3.8) is 0 Å². The molecule has 2 aromatic rings. The van der Waals surface area contributed by atoms with E-state index in [2.05, 4.69) is 30.4 Å². The van der Waals surface area contributed by atoms with Crippen LogP contribution < -0.4 is 10.1 Å². The molecule has 1 N–H and O–H groups in total. The fourth-order valence-electron chi connectivity index (χ4n) is 4.14. The van der Waals surface area contributed by atoms with E-state index in [9.17, 15) is 9.59 Å². The molecule has 5 nitrogen and oxygen atoms in total. The zero-order valence-electron chi connectivity index (χ0n) is 17.5. The van der Waals surface area contributed by atoms with Gasteiger partial charge in [0.05, 0.1) is 19.1 Å². The molecule has 0 aliphatic carbocycles. The Hall–Kier alpha value is -2.82. The summed E-state index contributed by atoms with van der Waals surface area (Å²) in [5.41, 5.74) is 3.41. The number of benzene rings is 2. The van der Waals surface area contributed by atoms with Crippen molar-refractivity contribution in [1.82, 2.24) is 10.2 Å². The first kappa shape index (κ1) is 20.9. The van der Waals surface area contributed by atoms with Gasteiger partial charge in [-0.05, 0) is 49.9 Å². The molecule has 0 unspecified atom stereocenters. The molecule has 2 atom stereocenters. The highest BCUT2D eigenvalue weighted by Crippen LogP contribution is 2.37. The smallest absolute Gasteiger partial charge is 0.225 e. The van der Waals surface area contributed by atoms with Crippen LogP contribution in [0.1, 0.15) is 42.5 Å². The number of amides is 2. The molecule has 0 aromatic heterocycles. The van der Waals surface area contributed by atoms with Gasteiger partial charge in [-0.1, -0.05) is 42.0 Å². The Morgan fingerprint density at radius 2 is 1.97 bits per heavy atom. The Morgan fingerprint density at radius 1 is 1.21 bits per heavy atom. The maximum Gasteiger partial charge on any atom is 0.225 e. The molecule has 0 spiro atoms. The van der Waals surface area contributed by atoms with Gasteiger partial charge in [0.1, 0.15) is 5.75 Å². The summed E-state index contributed by atoms with van der Waals surface area (Å²) in [6.45, 7) is 5.21. The maximum atomic E-state index is 13.1. The van der Waals surface area contributed by atoms with Crippen molar-refractivity contribution in [2.45, 2.75) is 39.2 Å². The highest BCUT2D eigenvalue weighted by atomic mass is 16.5. The monoisotopic (exact) mass is 394 g/mol. The third-order valence-electron chi connectivity index (χ3n) is 5.64. The molecule has 2 aromatic carbocycles. The van der Waals surface area contributed by atoms with Crippen LogP contribution in [-0.4, -0.2) is 36.9 Å². The number of carbonyl (C=O) groups is 2. The molecular formula is C24H30N2O3. The van der Waals surface area contributed by atoms with E-state index in [-0.39, 0.29) is 23.8 Å². The van der Waals surface area contributed by atoms with E-state index in [1.807, 2.05) is 42.2 Å². The quantitative estimate of drug-likeness (QED) is 0.780. The van der Waals surface area contributed by atoms with E-state index in [4.69, 9.17) is 4.74 Å². The highest BCUT2D eigenvalue weighted by Gasteiger charge is 2.39. The van der Waals surface area contributed by atoms with E-state index < -0.39 is 0 Å². The topological polar surface area (TPSA) is 58.6 Å². The molecule has 1 aliphatic rings. The van der Waals surface area contributed by atoms with Crippen LogP contribution in [0.3, 0.4) is 0 Å². The summed E-state index contributed by atoms with van der Waals surface area (Å²) in [6, 6.07) is 15.8. The first-order valence-electron chi connectivity index (χ1n) is 10.3. The Labute approximate surface area is 173 Å². The standard InChI is InChI=1S/C24H30N2O3/c1-4-26-22(27)13-12-21(23(26)19-8-10-20(29-3)11-9-19)24(28)25-15-14-18-7-5-6-17(2)16-18/h5-11,16,21,23H,4,12-15H2,1-3H3,(H,25,28)/t21-,23+/m1/s1. The van der Waals surface area contributed by atoms with Crippen molar-refractivity contribution < 1.29 is 14.3 Å². The minimum absolute atomic E-state index is 0.0180. The van der Waals surface area contributed by atoms with Crippen LogP contribution in [0, 0.1) is 12.8 Å². The van der Waals surface area contributed by atoms with Crippen molar-refractivity contribution in [2.24, 2.45) is 5.92 Å². The second kappa shape index (κ2) is 9.59. The average Bonchev–Trinajstić information content (AvgIpc) is 2.73. The summed E-state index contributed by atoms with van der Waals surface area (Å²) in [5.74, 6) is 0.637. The molecule has 1 heterocycles. The van der Waals surface area contributed by atoms with Crippen molar-refractivity contribution in [3.05, 3.63) is 65.2 Å². The van der Waals surface area contributed by atoms with Crippen molar-refractivity contribution in [1.29, 1.82) is 0 Å². The first-order valence-corrected chi connectivity index (χ1v) is 10.3.